The predicted molar refractivity (Wildman–Crippen MR) is 39.1 cm³/mol. The van der Waals surface area contributed by atoms with Gasteiger partial charge in [0.15, 0.2) is 0 Å². The number of likely N-dealkylation sites (N-methyl/N-ethyl adjacent to an activating group) is 1. The van der Waals surface area contributed by atoms with E-state index >= 15 is 0 Å². The first-order valence-corrected chi connectivity index (χ1v) is 3.97. The number of nitrogens with zero attached hydrogens (tertiary/aromatic N) is 1. The van der Waals surface area contributed by atoms with Crippen molar-refractivity contribution < 1.29 is 0 Å². The quantitative estimate of drug-likeness (QED) is 0.523. The summed E-state index contributed by atoms with van der Waals surface area (Å²) in [6, 6.07) is 0. The van der Waals surface area contributed by atoms with Crippen LogP contribution in [0.2, 0.25) is 0 Å². The van der Waals surface area contributed by atoms with Gasteiger partial charge < -0.3 is 0 Å². The standard InChI is InChI=1S/C6H11NS/c1-7-4-3-6(5-7)8-2/h3H,4-5H2,1-2H3. The molecule has 0 saturated carbocycles. The highest BCUT2D eigenvalue weighted by molar-refractivity contribution is 8.02. The summed E-state index contributed by atoms with van der Waals surface area (Å²) in [5, 5.41) is 0. The molecule has 1 nitrogen and oxygen atoms in total. The lowest BCUT2D eigenvalue weighted by Gasteiger charge is -2.04. The van der Waals surface area contributed by atoms with Crippen molar-refractivity contribution in [3.8, 4) is 0 Å². The van der Waals surface area contributed by atoms with Gasteiger partial charge >= 0.3 is 0 Å². The number of thioether (sulfide) groups is 1. The molecular weight excluding hydrogens is 118 g/mol. The van der Waals surface area contributed by atoms with Crippen molar-refractivity contribution in [2.24, 2.45) is 0 Å². The SMILES string of the molecule is CSC1=CCN(C)C1. The Morgan fingerprint density at radius 3 is 2.75 bits per heavy atom. The van der Waals surface area contributed by atoms with Gasteiger partial charge in [0.1, 0.15) is 0 Å². The van der Waals surface area contributed by atoms with Crippen LogP contribution in [0.15, 0.2) is 11.0 Å². The fourth-order valence-electron chi connectivity index (χ4n) is 0.801. The molecule has 0 fully saturated rings. The maximum atomic E-state index is 2.30. The van der Waals surface area contributed by atoms with Gasteiger partial charge in [-0.05, 0) is 18.2 Å². The van der Waals surface area contributed by atoms with E-state index in [1.165, 1.54) is 4.91 Å². The third-order valence-corrected chi connectivity index (χ3v) is 2.14. The number of rotatable bonds is 1. The van der Waals surface area contributed by atoms with Crippen LogP contribution in [0.3, 0.4) is 0 Å². The van der Waals surface area contributed by atoms with Crippen molar-refractivity contribution in [3.63, 3.8) is 0 Å². The van der Waals surface area contributed by atoms with Gasteiger partial charge in [-0.25, -0.2) is 0 Å². The van der Waals surface area contributed by atoms with Crippen LogP contribution in [0.5, 0.6) is 0 Å². The predicted octanol–water partition coefficient (Wildman–Crippen LogP) is 1.18. The van der Waals surface area contributed by atoms with Crippen LogP contribution >= 0.6 is 11.8 Å². The summed E-state index contributed by atoms with van der Waals surface area (Å²) >= 11 is 1.86. The molecule has 1 aliphatic rings. The summed E-state index contributed by atoms with van der Waals surface area (Å²) in [4.78, 5) is 3.80. The Morgan fingerprint density at radius 2 is 2.50 bits per heavy atom. The molecule has 8 heavy (non-hydrogen) atoms. The van der Waals surface area contributed by atoms with Gasteiger partial charge in [-0.2, -0.15) is 0 Å². The summed E-state index contributed by atoms with van der Waals surface area (Å²) in [6.45, 7) is 2.29. The molecule has 46 valence electrons. The minimum atomic E-state index is 1.14. The van der Waals surface area contributed by atoms with E-state index in [2.05, 4.69) is 24.3 Å². The highest BCUT2D eigenvalue weighted by atomic mass is 32.2. The molecule has 0 aromatic rings. The van der Waals surface area contributed by atoms with Crippen molar-refractivity contribution in [2.45, 2.75) is 0 Å². The molecule has 0 bridgehead atoms. The van der Waals surface area contributed by atoms with E-state index < -0.39 is 0 Å². The Labute approximate surface area is 54.8 Å². The molecule has 1 heterocycles. The van der Waals surface area contributed by atoms with Gasteiger partial charge in [0.25, 0.3) is 0 Å². The van der Waals surface area contributed by atoms with Crippen molar-refractivity contribution in [1.82, 2.24) is 4.90 Å². The molecule has 0 radical (unpaired) electrons. The highest BCUT2D eigenvalue weighted by Crippen LogP contribution is 2.16. The molecule has 2 heteroatoms. The third-order valence-electron chi connectivity index (χ3n) is 1.32. The molecule has 1 aliphatic heterocycles. The largest absolute Gasteiger partial charge is 0.298 e. The summed E-state index contributed by atoms with van der Waals surface area (Å²) in [7, 11) is 2.14. The Balaban J connectivity index is 2.37. The Morgan fingerprint density at radius 1 is 1.75 bits per heavy atom. The van der Waals surface area contributed by atoms with Crippen LogP contribution in [0, 0.1) is 0 Å². The molecule has 0 N–H and O–H groups in total. The van der Waals surface area contributed by atoms with Gasteiger partial charge in [0.05, 0.1) is 0 Å². The fraction of sp³-hybridized carbons (Fsp3) is 0.667. The second-order valence-electron chi connectivity index (χ2n) is 2.07. The molecule has 0 unspecified atom stereocenters. The van der Waals surface area contributed by atoms with Gasteiger partial charge in [-0.15, -0.1) is 11.8 Å². The summed E-state index contributed by atoms with van der Waals surface area (Å²) in [5.74, 6) is 0. The maximum absolute atomic E-state index is 2.30. The van der Waals surface area contributed by atoms with Crippen molar-refractivity contribution in [2.75, 3.05) is 26.4 Å². The zero-order valence-electron chi connectivity index (χ0n) is 5.35. The van der Waals surface area contributed by atoms with E-state index in [1.54, 1.807) is 0 Å². The van der Waals surface area contributed by atoms with E-state index in [4.69, 9.17) is 0 Å². The Bertz CT molecular complexity index is 109. The fourth-order valence-corrected chi connectivity index (χ4v) is 1.39. The van der Waals surface area contributed by atoms with Gasteiger partial charge in [-0.3, -0.25) is 4.90 Å². The smallest absolute Gasteiger partial charge is 0.0291 e. The molecule has 0 aromatic heterocycles. The molecule has 1 rings (SSSR count). The first-order chi connectivity index (χ1) is 3.83. The minimum Gasteiger partial charge on any atom is -0.298 e. The molecule has 0 amide bonds. The Hall–Kier alpha value is 0.0500. The topological polar surface area (TPSA) is 3.24 Å². The van der Waals surface area contributed by atoms with Crippen LogP contribution in [-0.2, 0) is 0 Å². The van der Waals surface area contributed by atoms with E-state index in [0.717, 1.165) is 13.1 Å². The average molecular weight is 129 g/mol. The van der Waals surface area contributed by atoms with E-state index in [9.17, 15) is 0 Å². The summed E-state index contributed by atoms with van der Waals surface area (Å²) < 4.78 is 0. The maximum Gasteiger partial charge on any atom is 0.0291 e. The normalized spacial score (nSPS) is 21.5. The first-order valence-electron chi connectivity index (χ1n) is 2.74. The van der Waals surface area contributed by atoms with Crippen molar-refractivity contribution in [3.05, 3.63) is 11.0 Å². The molecule has 0 atom stereocenters. The molecule has 0 spiro atoms. The lowest BCUT2D eigenvalue weighted by molar-refractivity contribution is 0.434. The van der Waals surface area contributed by atoms with Crippen molar-refractivity contribution >= 4 is 11.8 Å². The second kappa shape index (κ2) is 2.55. The van der Waals surface area contributed by atoms with E-state index in [1.807, 2.05) is 11.8 Å². The lowest BCUT2D eigenvalue weighted by atomic mass is 10.6. The highest BCUT2D eigenvalue weighted by Gasteiger charge is 2.06. The number of hydrogen-bond donors (Lipinski definition) is 0. The average Bonchev–Trinajstić information content (AvgIpc) is 2.14. The molecular formula is C6H11NS. The van der Waals surface area contributed by atoms with Crippen LogP contribution in [0.4, 0.5) is 0 Å². The molecule has 0 saturated heterocycles. The third kappa shape index (κ3) is 1.26. The van der Waals surface area contributed by atoms with Crippen molar-refractivity contribution in [1.29, 1.82) is 0 Å². The van der Waals surface area contributed by atoms with Crippen LogP contribution in [0.1, 0.15) is 0 Å². The van der Waals surface area contributed by atoms with Crippen LogP contribution in [-0.4, -0.2) is 31.3 Å². The lowest BCUT2D eigenvalue weighted by Crippen LogP contribution is -2.13. The second-order valence-corrected chi connectivity index (χ2v) is 3.00. The van der Waals surface area contributed by atoms with E-state index in [-0.39, 0.29) is 0 Å². The van der Waals surface area contributed by atoms with Crippen LogP contribution < -0.4 is 0 Å². The monoisotopic (exact) mass is 129 g/mol. The minimum absolute atomic E-state index is 1.14. The zero-order chi connectivity index (χ0) is 5.98. The molecule has 0 aliphatic carbocycles. The van der Waals surface area contributed by atoms with E-state index in [0.29, 0.717) is 0 Å². The van der Waals surface area contributed by atoms with Gasteiger partial charge in [0.2, 0.25) is 0 Å². The number of hydrogen-bond acceptors (Lipinski definition) is 2. The summed E-state index contributed by atoms with van der Waals surface area (Å²) in [6.07, 6.45) is 4.41. The summed E-state index contributed by atoms with van der Waals surface area (Å²) in [5.41, 5.74) is 0. The Kier molecular flexibility index (Phi) is 1.97. The van der Waals surface area contributed by atoms with Gasteiger partial charge in [-0.1, -0.05) is 6.08 Å². The first kappa shape index (κ1) is 6.17. The zero-order valence-corrected chi connectivity index (χ0v) is 6.16. The van der Waals surface area contributed by atoms with Gasteiger partial charge in [0, 0.05) is 13.1 Å². The van der Waals surface area contributed by atoms with Crippen LogP contribution in [0.25, 0.3) is 0 Å². The molecule has 0 aromatic carbocycles.